The van der Waals surface area contributed by atoms with Gasteiger partial charge in [-0.1, -0.05) is 41.4 Å². The van der Waals surface area contributed by atoms with Crippen LogP contribution in [-0.2, 0) is 20.7 Å². The fourth-order valence-electron chi connectivity index (χ4n) is 2.14. The molecule has 26 heavy (non-hydrogen) atoms. The van der Waals surface area contributed by atoms with Gasteiger partial charge in [0.25, 0.3) is 5.91 Å². The minimum absolute atomic E-state index is 0.0232. The highest BCUT2D eigenvalue weighted by atomic mass is 35.5. The van der Waals surface area contributed by atoms with Crippen LogP contribution in [0, 0.1) is 0 Å². The Morgan fingerprint density at radius 2 is 1.69 bits per heavy atom. The number of hydrogen-bond acceptors (Lipinski definition) is 5. The molecule has 0 saturated heterocycles. The lowest BCUT2D eigenvalue weighted by atomic mass is 10.1. The van der Waals surface area contributed by atoms with E-state index in [-0.39, 0.29) is 6.42 Å². The third-order valence-corrected chi connectivity index (χ3v) is 4.07. The summed E-state index contributed by atoms with van der Waals surface area (Å²) < 4.78 is 15.2. The van der Waals surface area contributed by atoms with Crippen LogP contribution in [0.1, 0.15) is 5.56 Å². The zero-order chi connectivity index (χ0) is 19.1. The Balaban J connectivity index is 1.94. The fourth-order valence-corrected chi connectivity index (χ4v) is 2.58. The number of halogens is 2. The van der Waals surface area contributed by atoms with Gasteiger partial charge >= 0.3 is 5.97 Å². The largest absolute Gasteiger partial charge is 0.495 e. The first kappa shape index (κ1) is 19.9. The molecule has 2 aromatic carbocycles. The molecule has 0 fully saturated rings. The zero-order valence-corrected chi connectivity index (χ0v) is 15.7. The van der Waals surface area contributed by atoms with Gasteiger partial charge in [-0.2, -0.15) is 0 Å². The van der Waals surface area contributed by atoms with Gasteiger partial charge in [0, 0.05) is 11.1 Å². The minimum atomic E-state index is -0.562. The van der Waals surface area contributed by atoms with Gasteiger partial charge in [0.05, 0.1) is 31.4 Å². The quantitative estimate of drug-likeness (QED) is 0.720. The molecule has 2 rings (SSSR count). The average molecular weight is 398 g/mol. The molecule has 0 heterocycles. The highest BCUT2D eigenvalue weighted by molar-refractivity contribution is 6.32. The van der Waals surface area contributed by atoms with Crippen LogP contribution in [0.4, 0.5) is 5.69 Å². The van der Waals surface area contributed by atoms with Crippen LogP contribution in [0.25, 0.3) is 0 Å². The molecule has 1 N–H and O–H groups in total. The first-order valence-corrected chi connectivity index (χ1v) is 8.30. The van der Waals surface area contributed by atoms with Crippen LogP contribution >= 0.6 is 23.2 Å². The number of nitrogens with one attached hydrogen (secondary N) is 1. The summed E-state index contributed by atoms with van der Waals surface area (Å²) in [5.74, 6) is -0.320. The van der Waals surface area contributed by atoms with Crippen molar-refractivity contribution in [3.8, 4) is 11.5 Å². The number of amides is 1. The van der Waals surface area contributed by atoms with E-state index in [0.29, 0.717) is 32.8 Å². The van der Waals surface area contributed by atoms with Crippen molar-refractivity contribution in [1.82, 2.24) is 0 Å². The van der Waals surface area contributed by atoms with Gasteiger partial charge in [-0.25, -0.2) is 0 Å². The summed E-state index contributed by atoms with van der Waals surface area (Å²) in [6.07, 6.45) is -0.0232. The second-order valence-electron chi connectivity index (χ2n) is 5.16. The Morgan fingerprint density at radius 1 is 1.00 bits per heavy atom. The van der Waals surface area contributed by atoms with Crippen LogP contribution in [0.5, 0.6) is 11.5 Å². The number of rotatable bonds is 7. The lowest BCUT2D eigenvalue weighted by Gasteiger charge is -2.13. The molecule has 1 amide bonds. The summed E-state index contributed by atoms with van der Waals surface area (Å²) in [5, 5.41) is 3.35. The summed E-state index contributed by atoms with van der Waals surface area (Å²) in [6.45, 7) is -0.448. The predicted octanol–water partition coefficient (Wildman–Crippen LogP) is 3.74. The number of carbonyl (C=O) groups is 2. The molecule has 2 aromatic rings. The van der Waals surface area contributed by atoms with Gasteiger partial charge in [-0.15, -0.1) is 0 Å². The Labute approximate surface area is 160 Å². The Morgan fingerprint density at radius 3 is 2.35 bits per heavy atom. The molecule has 138 valence electrons. The smallest absolute Gasteiger partial charge is 0.310 e. The lowest BCUT2D eigenvalue weighted by molar-refractivity contribution is -0.146. The van der Waals surface area contributed by atoms with Gasteiger partial charge in [-0.05, 0) is 17.7 Å². The normalized spacial score (nSPS) is 10.2. The summed E-state index contributed by atoms with van der Waals surface area (Å²) in [4.78, 5) is 23.9. The molecule has 0 unspecified atom stereocenters. The van der Waals surface area contributed by atoms with E-state index in [9.17, 15) is 9.59 Å². The van der Waals surface area contributed by atoms with Crippen molar-refractivity contribution in [1.29, 1.82) is 0 Å². The maximum atomic E-state index is 12.0. The highest BCUT2D eigenvalue weighted by Crippen LogP contribution is 2.35. The predicted molar refractivity (Wildman–Crippen MR) is 99.3 cm³/mol. The third kappa shape index (κ3) is 5.28. The fraction of sp³-hybridized carbons (Fsp3) is 0.222. The number of hydrogen-bond donors (Lipinski definition) is 1. The zero-order valence-electron chi connectivity index (χ0n) is 14.2. The third-order valence-electron chi connectivity index (χ3n) is 3.40. The van der Waals surface area contributed by atoms with Crippen LogP contribution in [0.3, 0.4) is 0 Å². The molecule has 0 atom stereocenters. The molecule has 0 aromatic heterocycles. The molecular formula is C18H17Cl2NO5. The molecule has 0 spiro atoms. The monoisotopic (exact) mass is 397 g/mol. The van der Waals surface area contributed by atoms with Crippen LogP contribution < -0.4 is 14.8 Å². The Bertz CT molecular complexity index is 810. The summed E-state index contributed by atoms with van der Waals surface area (Å²) >= 11 is 12.0. The molecule has 0 saturated carbocycles. The number of methoxy groups -OCH3 is 2. The van der Waals surface area contributed by atoms with E-state index in [1.54, 1.807) is 30.3 Å². The molecule has 0 radical (unpaired) electrons. The van der Waals surface area contributed by atoms with Crippen molar-refractivity contribution < 1.29 is 23.8 Å². The molecule has 8 heteroatoms. The summed E-state index contributed by atoms with van der Waals surface area (Å²) in [7, 11) is 2.92. The number of anilines is 1. The van der Waals surface area contributed by atoms with Crippen molar-refractivity contribution in [2.45, 2.75) is 6.42 Å². The number of esters is 1. The van der Waals surface area contributed by atoms with E-state index in [1.165, 1.54) is 20.3 Å². The number of benzene rings is 2. The maximum absolute atomic E-state index is 12.0. The lowest BCUT2D eigenvalue weighted by Crippen LogP contribution is -2.22. The maximum Gasteiger partial charge on any atom is 0.310 e. The van der Waals surface area contributed by atoms with Crippen LogP contribution in [0.2, 0.25) is 10.0 Å². The molecule has 0 bridgehead atoms. The molecular weight excluding hydrogens is 381 g/mol. The summed E-state index contributed by atoms with van der Waals surface area (Å²) in [6, 6.07) is 9.95. The van der Waals surface area contributed by atoms with Gasteiger partial charge in [-0.3, -0.25) is 9.59 Å². The van der Waals surface area contributed by atoms with E-state index >= 15 is 0 Å². The number of carbonyl (C=O) groups excluding carboxylic acids is 2. The minimum Gasteiger partial charge on any atom is -0.495 e. The topological polar surface area (TPSA) is 73.9 Å². The second-order valence-corrected chi connectivity index (χ2v) is 5.98. The molecule has 0 aliphatic rings. The molecule has 0 aliphatic carbocycles. The number of ether oxygens (including phenoxy) is 3. The van der Waals surface area contributed by atoms with E-state index in [4.69, 9.17) is 37.4 Å². The van der Waals surface area contributed by atoms with Gasteiger partial charge in [0.15, 0.2) is 6.61 Å². The average Bonchev–Trinajstić information content (AvgIpc) is 2.62. The van der Waals surface area contributed by atoms with Gasteiger partial charge in [0.2, 0.25) is 0 Å². The SMILES string of the molecule is COc1cc(OC)c(NC(=O)COC(=O)Cc2ccccc2Cl)cc1Cl. The van der Waals surface area contributed by atoms with Crippen molar-refractivity contribution in [3.05, 3.63) is 52.0 Å². The van der Waals surface area contributed by atoms with E-state index in [1.807, 2.05) is 0 Å². The molecule has 0 aliphatic heterocycles. The van der Waals surface area contributed by atoms with Gasteiger partial charge in [0.1, 0.15) is 11.5 Å². The first-order chi connectivity index (χ1) is 12.4. The van der Waals surface area contributed by atoms with Crippen molar-refractivity contribution in [2.24, 2.45) is 0 Å². The summed E-state index contributed by atoms with van der Waals surface area (Å²) in [5.41, 5.74) is 0.966. The van der Waals surface area contributed by atoms with E-state index < -0.39 is 18.5 Å². The van der Waals surface area contributed by atoms with Crippen molar-refractivity contribution >= 4 is 40.8 Å². The van der Waals surface area contributed by atoms with Crippen molar-refractivity contribution in [3.63, 3.8) is 0 Å². The standard InChI is InChI=1S/C18H17Cl2NO5/c1-24-15-9-16(25-2)14(8-13(15)20)21-17(22)10-26-18(23)7-11-5-3-4-6-12(11)19/h3-6,8-9H,7,10H2,1-2H3,(H,21,22). The van der Waals surface area contributed by atoms with Crippen LogP contribution in [0.15, 0.2) is 36.4 Å². The molecule has 6 nitrogen and oxygen atoms in total. The Hall–Kier alpha value is -2.44. The first-order valence-electron chi connectivity index (χ1n) is 7.55. The Kier molecular flexibility index (Phi) is 7.12. The van der Waals surface area contributed by atoms with E-state index in [2.05, 4.69) is 5.32 Å². The van der Waals surface area contributed by atoms with Gasteiger partial charge < -0.3 is 19.5 Å². The van der Waals surface area contributed by atoms with Crippen molar-refractivity contribution in [2.75, 3.05) is 26.1 Å². The highest BCUT2D eigenvalue weighted by Gasteiger charge is 2.14. The van der Waals surface area contributed by atoms with E-state index in [0.717, 1.165) is 0 Å². The second kappa shape index (κ2) is 9.31. The van der Waals surface area contributed by atoms with Crippen LogP contribution in [-0.4, -0.2) is 32.7 Å².